The molecule has 0 aromatic carbocycles. The first-order chi connectivity index (χ1) is 5.71. The third-order valence-electron chi connectivity index (χ3n) is 0.578. The summed E-state index contributed by atoms with van der Waals surface area (Å²) in [6.45, 7) is -4.70. The lowest BCUT2D eigenvalue weighted by Gasteiger charge is -1.68. The highest BCUT2D eigenvalue weighted by molar-refractivity contribution is 5.03. The second-order valence-electron chi connectivity index (χ2n) is 1.17. The van der Waals surface area contributed by atoms with Gasteiger partial charge < -0.3 is 0 Å². The summed E-state index contributed by atoms with van der Waals surface area (Å²) in [5.74, 6) is 0. The van der Waals surface area contributed by atoms with E-state index in [4.69, 9.17) is 8.22 Å². The molecule has 1 heterocycles. The van der Waals surface area contributed by atoms with Gasteiger partial charge in [0.1, 0.15) is 0 Å². The van der Waals surface area contributed by atoms with Crippen molar-refractivity contribution in [1.29, 1.82) is 0 Å². The largest absolute Gasteiger partial charge is 0.283 e. The monoisotopic (exact) mass is 102 g/mol. The molecular formula is C5H8N2. The topological polar surface area (TPSA) is 28.7 Å². The van der Waals surface area contributed by atoms with Crippen LogP contribution in [0.1, 0.15) is 19.6 Å². The average Bonchev–Trinajstić information content (AvgIpc) is 2.28. The van der Waals surface area contributed by atoms with Crippen molar-refractivity contribution in [2.45, 2.75) is 13.7 Å². The van der Waals surface area contributed by atoms with Gasteiger partial charge in [-0.25, -0.2) is 0 Å². The van der Waals surface area contributed by atoms with E-state index in [2.05, 4.69) is 10.2 Å². The number of hydrogen-bond acceptors (Lipinski definition) is 1. The van der Waals surface area contributed by atoms with Crippen LogP contribution < -0.4 is 0 Å². The van der Waals surface area contributed by atoms with Gasteiger partial charge in [-0.2, -0.15) is 5.10 Å². The molecule has 0 atom stereocenters. The summed E-state index contributed by atoms with van der Waals surface area (Å²) in [5, 5.41) is 5.59. The Labute approximate surface area is 51.0 Å². The molecule has 0 radical (unpaired) electrons. The van der Waals surface area contributed by atoms with Crippen molar-refractivity contribution in [3.05, 3.63) is 17.5 Å². The quantitative estimate of drug-likeness (QED) is 0.520. The summed E-state index contributed by atoms with van der Waals surface area (Å²) in [6.07, 6.45) is 0. The van der Waals surface area contributed by atoms with E-state index in [0.29, 0.717) is 0 Å². The highest BCUT2D eigenvalue weighted by Gasteiger charge is 1.84. The number of aromatic nitrogens is 2. The highest BCUT2D eigenvalue weighted by Crippen LogP contribution is 1.92. The van der Waals surface area contributed by atoms with Gasteiger partial charge in [-0.05, 0) is 19.8 Å². The van der Waals surface area contributed by atoms with Gasteiger partial charge >= 0.3 is 0 Å². The molecule has 0 aliphatic rings. The van der Waals surface area contributed by atoms with Crippen LogP contribution in [0.3, 0.4) is 0 Å². The maximum Gasteiger partial charge on any atom is 0.0593 e. The molecule has 7 heavy (non-hydrogen) atoms. The second-order valence-corrected chi connectivity index (χ2v) is 1.17. The Morgan fingerprint density at radius 2 is 2.86 bits per heavy atom. The molecule has 0 saturated carbocycles. The summed E-state index contributed by atoms with van der Waals surface area (Å²) in [7, 11) is 0. The summed E-state index contributed by atoms with van der Waals surface area (Å²) in [6, 6.07) is 1.04. The van der Waals surface area contributed by atoms with Crippen LogP contribution in [0.4, 0.5) is 0 Å². The summed E-state index contributed by atoms with van der Waals surface area (Å²) in [4.78, 5) is 0. The summed E-state index contributed by atoms with van der Waals surface area (Å²) in [5.41, 5.74) is -0.378. The normalized spacial score (nSPS) is 25.7. The van der Waals surface area contributed by atoms with Crippen molar-refractivity contribution in [1.82, 2.24) is 10.2 Å². The summed E-state index contributed by atoms with van der Waals surface area (Å²) < 4.78 is 41.8. The number of nitrogens with one attached hydrogen (secondary N) is 1. The van der Waals surface area contributed by atoms with Gasteiger partial charge in [0.05, 0.1) is 5.69 Å². The lowest BCUT2D eigenvalue weighted by atomic mass is 10.4. The number of aromatic amines is 1. The molecule has 1 rings (SSSR count). The fraction of sp³-hybridized carbons (Fsp3) is 0.400. The maximum absolute atomic E-state index is 6.97. The van der Waals surface area contributed by atoms with E-state index in [1.54, 1.807) is 0 Å². The molecule has 0 unspecified atom stereocenters. The Morgan fingerprint density at radius 1 is 1.86 bits per heavy atom. The van der Waals surface area contributed by atoms with Gasteiger partial charge in [-0.3, -0.25) is 5.10 Å². The standard InChI is InChI=1S/C5H8N2/c1-4-3-5(2)7-6-4/h3H,1-2H3,(H,6,7)/i1D3,2D3. The van der Waals surface area contributed by atoms with E-state index in [1.807, 2.05) is 0 Å². The van der Waals surface area contributed by atoms with E-state index < -0.39 is 13.7 Å². The van der Waals surface area contributed by atoms with Crippen LogP contribution in [0, 0.1) is 13.7 Å². The molecule has 1 N–H and O–H groups in total. The predicted molar refractivity (Wildman–Crippen MR) is 28.1 cm³/mol. The summed E-state index contributed by atoms with van der Waals surface area (Å²) >= 11 is 0. The molecule has 0 spiro atoms. The van der Waals surface area contributed by atoms with E-state index in [9.17, 15) is 0 Å². The number of hydrogen-bond donors (Lipinski definition) is 1. The Morgan fingerprint density at radius 3 is 3.29 bits per heavy atom. The lowest BCUT2D eigenvalue weighted by molar-refractivity contribution is 1.02. The van der Waals surface area contributed by atoms with Crippen LogP contribution >= 0.6 is 0 Å². The first kappa shape index (κ1) is 1.13. The highest BCUT2D eigenvalue weighted by atomic mass is 15.1. The van der Waals surface area contributed by atoms with Gasteiger partial charge in [0.15, 0.2) is 0 Å². The smallest absolute Gasteiger partial charge is 0.0593 e. The lowest BCUT2D eigenvalue weighted by Crippen LogP contribution is -1.68. The van der Waals surface area contributed by atoms with Crippen molar-refractivity contribution in [3.8, 4) is 0 Å². The van der Waals surface area contributed by atoms with E-state index in [1.165, 1.54) is 0 Å². The Balaban J connectivity index is 3.01. The number of nitrogens with zero attached hydrogens (tertiary/aromatic N) is 1. The average molecular weight is 102 g/mol. The first-order valence-electron chi connectivity index (χ1n) is 4.77. The zero-order valence-corrected chi connectivity index (χ0v) is 3.52. The zero-order chi connectivity index (χ0) is 10.3. The Hall–Kier alpha value is -0.790. The van der Waals surface area contributed by atoms with Crippen LogP contribution in [0.5, 0.6) is 0 Å². The molecule has 2 heteroatoms. The molecule has 0 amide bonds. The van der Waals surface area contributed by atoms with E-state index in [0.717, 1.165) is 6.07 Å². The van der Waals surface area contributed by atoms with Crippen LogP contribution in [0.25, 0.3) is 0 Å². The van der Waals surface area contributed by atoms with Crippen LogP contribution in [0.2, 0.25) is 0 Å². The molecule has 0 fully saturated rings. The number of rotatable bonds is 0. The number of H-pyrrole nitrogens is 1. The number of aryl methyl sites for hydroxylation is 2. The second kappa shape index (κ2) is 1.37. The first-order valence-corrected chi connectivity index (χ1v) is 1.77. The minimum atomic E-state index is -2.36. The molecule has 0 aliphatic heterocycles. The molecule has 2 nitrogen and oxygen atoms in total. The van der Waals surface area contributed by atoms with Crippen LogP contribution in [0.15, 0.2) is 6.07 Å². The van der Waals surface area contributed by atoms with Crippen molar-refractivity contribution < 1.29 is 8.22 Å². The predicted octanol–water partition coefficient (Wildman–Crippen LogP) is 1.03. The zero-order valence-electron chi connectivity index (χ0n) is 9.52. The maximum atomic E-state index is 6.97. The van der Waals surface area contributed by atoms with Crippen molar-refractivity contribution in [2.75, 3.05) is 0 Å². The van der Waals surface area contributed by atoms with E-state index in [-0.39, 0.29) is 11.4 Å². The minimum Gasteiger partial charge on any atom is -0.283 e. The van der Waals surface area contributed by atoms with Crippen molar-refractivity contribution in [2.24, 2.45) is 0 Å². The molecular weight excluding hydrogens is 88.1 g/mol. The van der Waals surface area contributed by atoms with Crippen molar-refractivity contribution >= 4 is 0 Å². The molecule has 1 aromatic rings. The third-order valence-corrected chi connectivity index (χ3v) is 0.578. The van der Waals surface area contributed by atoms with Gasteiger partial charge in [-0.15, -0.1) is 0 Å². The van der Waals surface area contributed by atoms with Gasteiger partial charge in [-0.1, -0.05) is 0 Å². The molecule has 38 valence electrons. The molecule has 0 saturated heterocycles. The van der Waals surface area contributed by atoms with Crippen LogP contribution in [-0.2, 0) is 0 Å². The minimum absolute atomic E-state index is 0.154. The Bertz CT molecular complexity index is 266. The van der Waals surface area contributed by atoms with Gasteiger partial charge in [0.2, 0.25) is 0 Å². The third kappa shape index (κ3) is 0.796. The van der Waals surface area contributed by atoms with Gasteiger partial charge in [0, 0.05) is 13.9 Å². The van der Waals surface area contributed by atoms with Gasteiger partial charge in [0.25, 0.3) is 0 Å². The van der Waals surface area contributed by atoms with Crippen molar-refractivity contribution in [3.63, 3.8) is 0 Å². The fourth-order valence-corrected chi connectivity index (χ4v) is 0.322. The fourth-order valence-electron chi connectivity index (χ4n) is 0.322. The molecule has 0 bridgehead atoms. The van der Waals surface area contributed by atoms with E-state index >= 15 is 0 Å². The van der Waals surface area contributed by atoms with Crippen LogP contribution in [-0.4, -0.2) is 10.2 Å². The molecule has 0 aliphatic carbocycles. The SMILES string of the molecule is [2H]C([2H])([2H])c1cc(C([2H])([2H])[2H])[nH]n1. The molecule has 1 aromatic heterocycles. The Kier molecular flexibility index (Phi) is 0.221.